The summed E-state index contributed by atoms with van der Waals surface area (Å²) >= 11 is 1.34. The van der Waals surface area contributed by atoms with E-state index in [9.17, 15) is 14.9 Å². The molecule has 7 heteroatoms. The van der Waals surface area contributed by atoms with Gasteiger partial charge in [-0.2, -0.15) is 5.26 Å². The first-order valence-corrected chi connectivity index (χ1v) is 6.98. The molecule has 0 unspecified atom stereocenters. The van der Waals surface area contributed by atoms with Gasteiger partial charge in [0, 0.05) is 21.9 Å². The van der Waals surface area contributed by atoms with Crippen LogP contribution < -0.4 is 0 Å². The molecule has 0 amide bonds. The van der Waals surface area contributed by atoms with Crippen molar-refractivity contribution in [2.45, 2.75) is 16.2 Å². The highest BCUT2D eigenvalue weighted by molar-refractivity contribution is 7.99. The van der Waals surface area contributed by atoms with Crippen LogP contribution >= 0.6 is 11.8 Å². The van der Waals surface area contributed by atoms with Crippen LogP contribution in [0.5, 0.6) is 0 Å². The standard InChI is InChI=1S/C15H10N2O4S/c16-9-10-1-4-14(7-11(10)8-15(18)19)22-13-5-2-12(3-6-13)17(20)21/h1-7H,8H2,(H,18,19). The van der Waals surface area contributed by atoms with Crippen molar-refractivity contribution in [3.05, 3.63) is 63.7 Å². The maximum atomic E-state index is 10.8. The predicted octanol–water partition coefficient (Wildman–Crippen LogP) is 3.24. The number of nitro benzene ring substituents is 1. The van der Waals surface area contributed by atoms with Crippen molar-refractivity contribution >= 4 is 23.4 Å². The van der Waals surface area contributed by atoms with Crippen molar-refractivity contribution < 1.29 is 14.8 Å². The van der Waals surface area contributed by atoms with Gasteiger partial charge in [0.05, 0.1) is 23.0 Å². The number of nitrogens with zero attached hydrogens (tertiary/aromatic N) is 2. The Hall–Kier alpha value is -2.85. The van der Waals surface area contributed by atoms with Gasteiger partial charge in [0.25, 0.3) is 5.69 Å². The molecule has 2 rings (SSSR count). The highest BCUT2D eigenvalue weighted by Crippen LogP contribution is 2.30. The lowest BCUT2D eigenvalue weighted by atomic mass is 10.1. The Morgan fingerprint density at radius 2 is 1.86 bits per heavy atom. The summed E-state index contributed by atoms with van der Waals surface area (Å²) in [4.78, 5) is 22.5. The Balaban J connectivity index is 2.24. The molecule has 0 saturated heterocycles. The van der Waals surface area contributed by atoms with Crippen LogP contribution in [-0.2, 0) is 11.2 Å². The molecule has 22 heavy (non-hydrogen) atoms. The number of hydrogen-bond acceptors (Lipinski definition) is 5. The first-order chi connectivity index (χ1) is 10.5. The number of rotatable bonds is 5. The molecule has 0 spiro atoms. The van der Waals surface area contributed by atoms with Gasteiger partial charge in [-0.15, -0.1) is 0 Å². The third kappa shape index (κ3) is 3.84. The highest BCUT2D eigenvalue weighted by Gasteiger charge is 2.09. The lowest BCUT2D eigenvalue weighted by molar-refractivity contribution is -0.384. The van der Waals surface area contributed by atoms with Crippen molar-refractivity contribution in [3.8, 4) is 6.07 Å². The van der Waals surface area contributed by atoms with Crippen molar-refractivity contribution in [3.63, 3.8) is 0 Å². The molecule has 0 atom stereocenters. The monoisotopic (exact) mass is 314 g/mol. The summed E-state index contributed by atoms with van der Waals surface area (Å²) in [5.74, 6) is -1.01. The van der Waals surface area contributed by atoms with Crippen molar-refractivity contribution in [2.75, 3.05) is 0 Å². The first-order valence-electron chi connectivity index (χ1n) is 6.16. The molecule has 0 aromatic heterocycles. The van der Waals surface area contributed by atoms with Gasteiger partial charge in [0.15, 0.2) is 0 Å². The first kappa shape index (κ1) is 15.5. The zero-order chi connectivity index (χ0) is 16.1. The van der Waals surface area contributed by atoms with Crippen LogP contribution in [0, 0.1) is 21.4 Å². The zero-order valence-electron chi connectivity index (χ0n) is 11.2. The third-order valence-corrected chi connectivity index (χ3v) is 3.82. The van der Waals surface area contributed by atoms with E-state index < -0.39 is 10.9 Å². The molecule has 0 aliphatic carbocycles. The van der Waals surface area contributed by atoms with Crippen LogP contribution in [0.2, 0.25) is 0 Å². The van der Waals surface area contributed by atoms with Crippen LogP contribution in [0.4, 0.5) is 5.69 Å². The molecule has 0 radical (unpaired) electrons. The molecule has 0 saturated carbocycles. The zero-order valence-corrected chi connectivity index (χ0v) is 12.0. The van der Waals surface area contributed by atoms with Gasteiger partial charge in [0.1, 0.15) is 0 Å². The molecule has 6 nitrogen and oxygen atoms in total. The minimum absolute atomic E-state index is 0.00995. The summed E-state index contributed by atoms with van der Waals surface area (Å²) in [6, 6.07) is 13.0. The smallest absolute Gasteiger partial charge is 0.307 e. The van der Waals surface area contributed by atoms with Crippen LogP contribution in [0.15, 0.2) is 52.3 Å². The maximum Gasteiger partial charge on any atom is 0.307 e. The van der Waals surface area contributed by atoms with Crippen molar-refractivity contribution in [1.29, 1.82) is 5.26 Å². The molecule has 1 N–H and O–H groups in total. The summed E-state index contributed by atoms with van der Waals surface area (Å²) in [5, 5.41) is 28.5. The van der Waals surface area contributed by atoms with E-state index in [1.54, 1.807) is 30.3 Å². The summed E-state index contributed by atoms with van der Waals surface area (Å²) in [6.07, 6.45) is -0.225. The molecule has 110 valence electrons. The average Bonchev–Trinajstić information content (AvgIpc) is 2.47. The number of benzene rings is 2. The topological polar surface area (TPSA) is 104 Å². The second kappa shape index (κ2) is 6.74. The normalized spacial score (nSPS) is 9.95. The van der Waals surface area contributed by atoms with E-state index in [0.29, 0.717) is 11.1 Å². The van der Waals surface area contributed by atoms with Gasteiger partial charge in [0.2, 0.25) is 0 Å². The second-order valence-electron chi connectivity index (χ2n) is 4.35. The number of carbonyl (C=O) groups is 1. The quantitative estimate of drug-likeness (QED) is 0.671. The SMILES string of the molecule is N#Cc1ccc(Sc2ccc([N+](=O)[O-])cc2)cc1CC(=O)O. The van der Waals surface area contributed by atoms with E-state index in [1.165, 1.54) is 23.9 Å². The Labute approximate surface area is 130 Å². The Morgan fingerprint density at radius 3 is 2.41 bits per heavy atom. The minimum atomic E-state index is -1.01. The van der Waals surface area contributed by atoms with Gasteiger partial charge < -0.3 is 5.11 Å². The lowest BCUT2D eigenvalue weighted by Crippen LogP contribution is -2.02. The molecule has 0 aliphatic heterocycles. The third-order valence-electron chi connectivity index (χ3n) is 2.82. The van der Waals surface area contributed by atoms with Gasteiger partial charge in [-0.05, 0) is 35.9 Å². The fourth-order valence-corrected chi connectivity index (χ4v) is 2.71. The summed E-state index contributed by atoms with van der Waals surface area (Å²) in [7, 11) is 0. The number of nitro groups is 1. The van der Waals surface area contributed by atoms with Gasteiger partial charge in [-0.1, -0.05) is 11.8 Å². The summed E-state index contributed by atoms with van der Waals surface area (Å²) in [6.45, 7) is 0. The number of aliphatic carboxylic acids is 1. The molecular formula is C15H10N2O4S. The largest absolute Gasteiger partial charge is 0.481 e. The van der Waals surface area contributed by atoms with Crippen LogP contribution in [0.3, 0.4) is 0 Å². The van der Waals surface area contributed by atoms with E-state index in [-0.39, 0.29) is 12.1 Å². The van der Waals surface area contributed by atoms with Gasteiger partial charge in [-0.3, -0.25) is 14.9 Å². The van der Waals surface area contributed by atoms with Crippen molar-refractivity contribution in [2.24, 2.45) is 0 Å². The van der Waals surface area contributed by atoms with Gasteiger partial charge in [-0.25, -0.2) is 0 Å². The van der Waals surface area contributed by atoms with E-state index in [1.807, 2.05) is 6.07 Å². The van der Waals surface area contributed by atoms with Crippen LogP contribution in [-0.4, -0.2) is 16.0 Å². The maximum absolute atomic E-state index is 10.8. The number of carboxylic acids is 1. The van der Waals surface area contributed by atoms with Crippen LogP contribution in [0.1, 0.15) is 11.1 Å². The van der Waals surface area contributed by atoms with Gasteiger partial charge >= 0.3 is 5.97 Å². The van der Waals surface area contributed by atoms with E-state index in [4.69, 9.17) is 10.4 Å². The molecule has 0 fully saturated rings. The fraction of sp³-hybridized carbons (Fsp3) is 0.0667. The van der Waals surface area contributed by atoms with E-state index >= 15 is 0 Å². The molecule has 0 bridgehead atoms. The lowest BCUT2D eigenvalue weighted by Gasteiger charge is -2.06. The van der Waals surface area contributed by atoms with E-state index in [0.717, 1.165) is 9.79 Å². The molecular weight excluding hydrogens is 304 g/mol. The Kier molecular flexibility index (Phi) is 4.76. The Bertz CT molecular complexity index is 766. The average molecular weight is 314 g/mol. The summed E-state index contributed by atoms with van der Waals surface area (Å²) < 4.78 is 0. The highest BCUT2D eigenvalue weighted by atomic mass is 32.2. The summed E-state index contributed by atoms with van der Waals surface area (Å²) in [5.41, 5.74) is 0.785. The molecule has 0 heterocycles. The Morgan fingerprint density at radius 1 is 1.23 bits per heavy atom. The minimum Gasteiger partial charge on any atom is -0.481 e. The number of non-ortho nitro benzene ring substituents is 1. The predicted molar refractivity (Wildman–Crippen MR) is 79.7 cm³/mol. The number of carboxylic acid groups (broad SMARTS) is 1. The second-order valence-corrected chi connectivity index (χ2v) is 5.50. The van der Waals surface area contributed by atoms with Crippen LogP contribution in [0.25, 0.3) is 0 Å². The van der Waals surface area contributed by atoms with Crippen molar-refractivity contribution in [1.82, 2.24) is 0 Å². The molecule has 0 aliphatic rings. The fourth-order valence-electron chi connectivity index (χ4n) is 1.82. The molecule has 2 aromatic carbocycles. The number of hydrogen-bond donors (Lipinski definition) is 1. The van der Waals surface area contributed by atoms with E-state index in [2.05, 4.69) is 0 Å². The molecule has 2 aromatic rings. The number of nitriles is 1.